The van der Waals surface area contributed by atoms with Gasteiger partial charge in [-0.1, -0.05) is 6.07 Å². The fourth-order valence-corrected chi connectivity index (χ4v) is 3.76. The lowest BCUT2D eigenvalue weighted by Gasteiger charge is -2.32. The van der Waals surface area contributed by atoms with E-state index < -0.39 is 21.3 Å². The van der Waals surface area contributed by atoms with Crippen molar-refractivity contribution in [3.8, 4) is 5.75 Å². The summed E-state index contributed by atoms with van der Waals surface area (Å²) in [5, 5.41) is 6.02. The van der Waals surface area contributed by atoms with Gasteiger partial charge in [-0.2, -0.15) is 17.5 Å². The van der Waals surface area contributed by atoms with Crippen LogP contribution >= 0.6 is 0 Å². The van der Waals surface area contributed by atoms with Gasteiger partial charge in [0.2, 0.25) is 0 Å². The van der Waals surface area contributed by atoms with Gasteiger partial charge < -0.3 is 15.4 Å². The van der Waals surface area contributed by atoms with Crippen LogP contribution in [0.1, 0.15) is 18.4 Å². The van der Waals surface area contributed by atoms with E-state index in [0.717, 1.165) is 0 Å². The molecule has 0 unspecified atom stereocenters. The highest BCUT2D eigenvalue weighted by Gasteiger charge is 2.50. The first-order valence-electron chi connectivity index (χ1n) is 8.44. The van der Waals surface area contributed by atoms with Crippen LogP contribution in [-0.2, 0) is 16.6 Å². The van der Waals surface area contributed by atoms with E-state index in [1.807, 2.05) is 0 Å². The summed E-state index contributed by atoms with van der Waals surface area (Å²) in [6.45, 7) is -0.206. The molecule has 0 spiro atoms. The summed E-state index contributed by atoms with van der Waals surface area (Å²) in [4.78, 5) is 4.02. The quantitative estimate of drug-likeness (QED) is 0.426. The van der Waals surface area contributed by atoms with Gasteiger partial charge in [-0.05, 0) is 30.5 Å². The highest BCUT2D eigenvalue weighted by molar-refractivity contribution is 7.90. The molecule has 2 N–H and O–H groups in total. The van der Waals surface area contributed by atoms with E-state index in [1.165, 1.54) is 26.3 Å². The average molecular weight is 426 g/mol. The molecule has 0 atom stereocenters. The number of alkyl halides is 3. The molecule has 0 aliphatic carbocycles. The molecule has 12 heteroatoms. The van der Waals surface area contributed by atoms with Crippen LogP contribution in [0.25, 0.3) is 0 Å². The minimum Gasteiger partial charge on any atom is -0.494 e. The largest absolute Gasteiger partial charge is 0.511 e. The van der Waals surface area contributed by atoms with E-state index in [2.05, 4.69) is 15.6 Å². The van der Waals surface area contributed by atoms with Gasteiger partial charge in [-0.15, -0.1) is 0 Å². The van der Waals surface area contributed by atoms with E-state index in [0.29, 0.717) is 15.8 Å². The molecule has 1 aliphatic rings. The van der Waals surface area contributed by atoms with Crippen molar-refractivity contribution < 1.29 is 30.7 Å². The lowest BCUT2D eigenvalue weighted by molar-refractivity contribution is -0.0494. The van der Waals surface area contributed by atoms with Crippen LogP contribution < -0.4 is 15.4 Å². The van der Waals surface area contributed by atoms with Gasteiger partial charge in [0.05, 0.1) is 7.11 Å². The molecule has 1 heterocycles. The van der Waals surface area contributed by atoms with Gasteiger partial charge in [0, 0.05) is 32.7 Å². The minimum atomic E-state index is -5.30. The summed E-state index contributed by atoms with van der Waals surface area (Å²) in [6, 6.07) is 4.26. The average Bonchev–Trinajstić information content (AvgIpc) is 2.64. The third kappa shape index (κ3) is 5.25. The second-order valence-electron chi connectivity index (χ2n) is 6.16. The summed E-state index contributed by atoms with van der Waals surface area (Å²) in [5.74, 6) is 0.0168. The number of ether oxygens (including phenoxy) is 1. The maximum absolute atomic E-state index is 13.7. The number of nitrogens with zero attached hydrogens (tertiary/aromatic N) is 2. The smallest absolute Gasteiger partial charge is 0.494 e. The molecular weight excluding hydrogens is 404 g/mol. The number of hydrogen-bond donors (Lipinski definition) is 2. The zero-order valence-corrected chi connectivity index (χ0v) is 16.2. The lowest BCUT2D eigenvalue weighted by atomic mass is 10.1. The van der Waals surface area contributed by atoms with E-state index in [1.54, 1.807) is 6.07 Å². The summed E-state index contributed by atoms with van der Waals surface area (Å²) in [6.07, 6.45) is 0.403. The third-order valence-corrected chi connectivity index (χ3v) is 5.96. The van der Waals surface area contributed by atoms with Crippen molar-refractivity contribution in [2.24, 2.45) is 4.99 Å². The molecule has 0 amide bonds. The Bertz CT molecular complexity index is 807. The SMILES string of the molecule is CN=C(NCc1ccc(OC)c(F)c1)NC1CCN(S(=O)(=O)C(F)(F)F)CC1. The number of nitrogens with one attached hydrogen (secondary N) is 2. The molecule has 0 radical (unpaired) electrons. The van der Waals surface area contributed by atoms with Crippen LogP contribution in [0.2, 0.25) is 0 Å². The first kappa shape index (κ1) is 22.2. The zero-order valence-electron chi connectivity index (χ0n) is 15.4. The summed E-state index contributed by atoms with van der Waals surface area (Å²) >= 11 is 0. The second-order valence-corrected chi connectivity index (χ2v) is 8.09. The monoisotopic (exact) mass is 426 g/mol. The van der Waals surface area contributed by atoms with Gasteiger partial charge in [0.15, 0.2) is 17.5 Å². The van der Waals surface area contributed by atoms with Gasteiger partial charge in [0.25, 0.3) is 0 Å². The van der Waals surface area contributed by atoms with Crippen molar-refractivity contribution in [3.05, 3.63) is 29.6 Å². The summed E-state index contributed by atoms with van der Waals surface area (Å²) in [7, 11) is -2.41. The van der Waals surface area contributed by atoms with Crippen molar-refractivity contribution in [2.75, 3.05) is 27.2 Å². The molecule has 0 bridgehead atoms. The fourth-order valence-electron chi connectivity index (χ4n) is 2.78. The van der Waals surface area contributed by atoms with Crippen molar-refractivity contribution >= 4 is 16.0 Å². The van der Waals surface area contributed by atoms with Crippen LogP contribution in [0.4, 0.5) is 17.6 Å². The zero-order chi connectivity index (χ0) is 20.9. The topological polar surface area (TPSA) is 83.0 Å². The van der Waals surface area contributed by atoms with E-state index in [9.17, 15) is 26.0 Å². The summed E-state index contributed by atoms with van der Waals surface area (Å²) < 4.78 is 79.7. The first-order valence-corrected chi connectivity index (χ1v) is 9.88. The molecule has 0 saturated carbocycles. The number of hydrogen-bond acceptors (Lipinski definition) is 4. The van der Waals surface area contributed by atoms with Crippen LogP contribution in [0, 0.1) is 5.82 Å². The predicted molar refractivity (Wildman–Crippen MR) is 95.9 cm³/mol. The van der Waals surface area contributed by atoms with Crippen LogP contribution in [-0.4, -0.2) is 57.5 Å². The number of rotatable bonds is 5. The Balaban J connectivity index is 1.87. The number of sulfonamides is 1. The number of aliphatic imine (C=N–C) groups is 1. The molecule has 1 fully saturated rings. The normalized spacial score (nSPS) is 17.4. The highest BCUT2D eigenvalue weighted by Crippen LogP contribution is 2.28. The number of methoxy groups -OCH3 is 1. The Kier molecular flexibility index (Phi) is 7.10. The molecule has 2 rings (SSSR count). The Morgan fingerprint density at radius 2 is 1.96 bits per heavy atom. The lowest BCUT2D eigenvalue weighted by Crippen LogP contribution is -2.51. The molecule has 0 aromatic heterocycles. The Morgan fingerprint density at radius 3 is 2.46 bits per heavy atom. The maximum atomic E-state index is 13.7. The van der Waals surface area contributed by atoms with Gasteiger partial charge in [-0.25, -0.2) is 12.8 Å². The van der Waals surface area contributed by atoms with E-state index in [4.69, 9.17) is 4.74 Å². The van der Waals surface area contributed by atoms with Crippen LogP contribution in [0.5, 0.6) is 5.75 Å². The fraction of sp³-hybridized carbons (Fsp3) is 0.562. The van der Waals surface area contributed by atoms with E-state index >= 15 is 0 Å². The highest BCUT2D eigenvalue weighted by atomic mass is 32.2. The molecule has 1 aliphatic heterocycles. The first-order chi connectivity index (χ1) is 13.1. The Labute approximate surface area is 160 Å². The maximum Gasteiger partial charge on any atom is 0.511 e. The van der Waals surface area contributed by atoms with Gasteiger partial charge >= 0.3 is 15.5 Å². The molecule has 28 heavy (non-hydrogen) atoms. The van der Waals surface area contributed by atoms with E-state index in [-0.39, 0.29) is 44.3 Å². The molecule has 7 nitrogen and oxygen atoms in total. The Morgan fingerprint density at radius 1 is 1.32 bits per heavy atom. The Hall–Kier alpha value is -2.08. The van der Waals surface area contributed by atoms with Crippen LogP contribution in [0.3, 0.4) is 0 Å². The summed E-state index contributed by atoms with van der Waals surface area (Å²) in [5.41, 5.74) is -4.65. The van der Waals surface area contributed by atoms with Crippen molar-refractivity contribution in [1.82, 2.24) is 14.9 Å². The number of halogens is 4. The van der Waals surface area contributed by atoms with Gasteiger partial charge in [-0.3, -0.25) is 4.99 Å². The number of piperidine rings is 1. The third-order valence-electron chi connectivity index (χ3n) is 4.33. The van der Waals surface area contributed by atoms with Crippen molar-refractivity contribution in [1.29, 1.82) is 0 Å². The minimum absolute atomic E-state index is 0.131. The second kappa shape index (κ2) is 8.95. The van der Waals surface area contributed by atoms with Gasteiger partial charge in [0.1, 0.15) is 0 Å². The predicted octanol–water partition coefficient (Wildman–Crippen LogP) is 1.81. The van der Waals surface area contributed by atoms with Crippen molar-refractivity contribution in [3.63, 3.8) is 0 Å². The molecule has 158 valence electrons. The molecule has 1 saturated heterocycles. The molecular formula is C16H22F4N4O3S. The molecule has 1 aromatic rings. The van der Waals surface area contributed by atoms with Crippen LogP contribution in [0.15, 0.2) is 23.2 Å². The number of guanidine groups is 1. The number of benzene rings is 1. The standard InChI is InChI=1S/C16H22F4N4O3S/c1-21-15(22-10-11-3-4-14(27-2)13(17)9-11)23-12-5-7-24(8-6-12)28(25,26)16(18,19)20/h3-4,9,12H,5-8,10H2,1-2H3,(H2,21,22,23). The van der Waals surface area contributed by atoms with Crippen molar-refractivity contribution in [2.45, 2.75) is 30.9 Å². The molecule has 1 aromatic carbocycles.